The van der Waals surface area contributed by atoms with E-state index in [1.165, 1.54) is 11.3 Å². The maximum absolute atomic E-state index is 12.1. The number of thiazole rings is 1. The summed E-state index contributed by atoms with van der Waals surface area (Å²) in [6.07, 6.45) is 1.73. The molecule has 0 fully saturated rings. The van der Waals surface area contributed by atoms with Gasteiger partial charge in [0.25, 0.3) is 5.91 Å². The molecule has 1 amide bonds. The number of amides is 1. The van der Waals surface area contributed by atoms with Crippen molar-refractivity contribution in [3.8, 4) is 0 Å². The SMILES string of the molecule is CC(C)(NC(=O)c1cccc(Cl)c1)c1nccs1. The third-order valence-electron chi connectivity index (χ3n) is 2.48. The van der Waals surface area contributed by atoms with Crippen molar-refractivity contribution < 1.29 is 4.79 Å². The molecule has 0 saturated heterocycles. The topological polar surface area (TPSA) is 42.0 Å². The molecule has 0 atom stereocenters. The predicted octanol–water partition coefficient (Wildman–Crippen LogP) is 3.46. The standard InChI is InChI=1S/C13H13ClN2OS/c1-13(2,12-15-6-7-18-12)16-11(17)9-4-3-5-10(14)8-9/h3-8H,1-2H3,(H,16,17). The number of hydrogen-bond acceptors (Lipinski definition) is 3. The van der Waals surface area contributed by atoms with Gasteiger partial charge in [-0.3, -0.25) is 4.79 Å². The van der Waals surface area contributed by atoms with Crippen LogP contribution in [0.15, 0.2) is 35.8 Å². The highest BCUT2D eigenvalue weighted by atomic mass is 35.5. The van der Waals surface area contributed by atoms with Crippen LogP contribution < -0.4 is 5.32 Å². The quantitative estimate of drug-likeness (QED) is 0.935. The molecule has 0 radical (unpaired) electrons. The number of halogens is 1. The maximum atomic E-state index is 12.1. The first-order chi connectivity index (χ1) is 8.49. The zero-order valence-electron chi connectivity index (χ0n) is 10.1. The van der Waals surface area contributed by atoms with Gasteiger partial charge in [0.05, 0.1) is 5.54 Å². The summed E-state index contributed by atoms with van der Waals surface area (Å²) in [6.45, 7) is 3.85. The third-order valence-corrected chi connectivity index (χ3v) is 3.81. The lowest BCUT2D eigenvalue weighted by Crippen LogP contribution is -2.40. The van der Waals surface area contributed by atoms with E-state index in [9.17, 15) is 4.79 Å². The molecule has 1 N–H and O–H groups in total. The highest BCUT2D eigenvalue weighted by molar-refractivity contribution is 7.09. The number of benzene rings is 1. The monoisotopic (exact) mass is 280 g/mol. The van der Waals surface area contributed by atoms with E-state index in [-0.39, 0.29) is 5.91 Å². The van der Waals surface area contributed by atoms with Crippen molar-refractivity contribution in [3.63, 3.8) is 0 Å². The van der Waals surface area contributed by atoms with Crippen LogP contribution in [0, 0.1) is 0 Å². The van der Waals surface area contributed by atoms with E-state index in [0.29, 0.717) is 10.6 Å². The molecule has 94 valence electrons. The van der Waals surface area contributed by atoms with Crippen molar-refractivity contribution in [1.82, 2.24) is 10.3 Å². The van der Waals surface area contributed by atoms with Crippen LogP contribution >= 0.6 is 22.9 Å². The number of aromatic nitrogens is 1. The van der Waals surface area contributed by atoms with Gasteiger partial charge in [-0.15, -0.1) is 11.3 Å². The summed E-state index contributed by atoms with van der Waals surface area (Å²) < 4.78 is 0. The van der Waals surface area contributed by atoms with Gasteiger partial charge in [0.2, 0.25) is 0 Å². The Kier molecular flexibility index (Phi) is 3.68. The minimum atomic E-state index is -0.492. The predicted molar refractivity (Wildman–Crippen MR) is 74.1 cm³/mol. The molecule has 1 aromatic carbocycles. The Morgan fingerprint density at radius 2 is 2.22 bits per heavy atom. The smallest absolute Gasteiger partial charge is 0.252 e. The number of rotatable bonds is 3. The molecule has 2 rings (SSSR count). The largest absolute Gasteiger partial charge is 0.341 e. The molecule has 0 aliphatic rings. The summed E-state index contributed by atoms with van der Waals surface area (Å²) in [4.78, 5) is 16.3. The van der Waals surface area contributed by atoms with E-state index in [1.54, 1.807) is 30.5 Å². The van der Waals surface area contributed by atoms with Crippen LogP contribution in [0.2, 0.25) is 5.02 Å². The average molecular weight is 281 g/mol. The summed E-state index contributed by atoms with van der Waals surface area (Å²) >= 11 is 7.39. The molecule has 5 heteroatoms. The van der Waals surface area contributed by atoms with Crippen LogP contribution in [0.5, 0.6) is 0 Å². The van der Waals surface area contributed by atoms with Gasteiger partial charge < -0.3 is 5.32 Å². The Bertz CT molecular complexity index is 552. The van der Waals surface area contributed by atoms with Crippen molar-refractivity contribution in [2.75, 3.05) is 0 Å². The molecule has 0 aliphatic heterocycles. The van der Waals surface area contributed by atoms with Crippen LogP contribution in [-0.4, -0.2) is 10.9 Å². The highest BCUT2D eigenvalue weighted by Gasteiger charge is 2.25. The third kappa shape index (κ3) is 2.89. The first-order valence-corrected chi connectivity index (χ1v) is 6.73. The van der Waals surface area contributed by atoms with Gasteiger partial charge in [-0.05, 0) is 32.0 Å². The van der Waals surface area contributed by atoms with Crippen molar-refractivity contribution in [2.45, 2.75) is 19.4 Å². The maximum Gasteiger partial charge on any atom is 0.252 e. The lowest BCUT2D eigenvalue weighted by molar-refractivity contribution is 0.0912. The minimum absolute atomic E-state index is 0.155. The Balaban J connectivity index is 2.17. The fourth-order valence-electron chi connectivity index (χ4n) is 1.57. The second-order valence-electron chi connectivity index (χ2n) is 4.43. The van der Waals surface area contributed by atoms with Crippen LogP contribution in [0.3, 0.4) is 0 Å². The van der Waals surface area contributed by atoms with E-state index in [1.807, 2.05) is 19.2 Å². The normalized spacial score (nSPS) is 11.3. The summed E-state index contributed by atoms with van der Waals surface area (Å²) in [5.74, 6) is -0.155. The zero-order valence-corrected chi connectivity index (χ0v) is 11.7. The second-order valence-corrected chi connectivity index (χ2v) is 5.76. The fraction of sp³-hybridized carbons (Fsp3) is 0.231. The van der Waals surface area contributed by atoms with Crippen molar-refractivity contribution in [2.24, 2.45) is 0 Å². The summed E-state index contributed by atoms with van der Waals surface area (Å²) in [5, 5.41) is 6.27. The molecular formula is C13H13ClN2OS. The Hall–Kier alpha value is -1.39. The Morgan fingerprint density at radius 1 is 1.44 bits per heavy atom. The van der Waals surface area contributed by atoms with Crippen molar-refractivity contribution >= 4 is 28.8 Å². The van der Waals surface area contributed by atoms with E-state index in [0.717, 1.165) is 5.01 Å². The summed E-state index contributed by atoms with van der Waals surface area (Å²) in [6, 6.07) is 6.88. The van der Waals surface area contributed by atoms with Crippen LogP contribution in [0.1, 0.15) is 29.2 Å². The molecule has 0 spiro atoms. The van der Waals surface area contributed by atoms with E-state index >= 15 is 0 Å². The fourth-order valence-corrected chi connectivity index (χ4v) is 2.48. The molecule has 0 bridgehead atoms. The molecule has 0 saturated carbocycles. The van der Waals surface area contributed by atoms with Crippen LogP contribution in [-0.2, 0) is 5.54 Å². The van der Waals surface area contributed by atoms with E-state index in [4.69, 9.17) is 11.6 Å². The number of hydrogen-bond donors (Lipinski definition) is 1. The van der Waals surface area contributed by atoms with E-state index < -0.39 is 5.54 Å². The van der Waals surface area contributed by atoms with Gasteiger partial charge in [0.1, 0.15) is 5.01 Å². The molecule has 0 aliphatic carbocycles. The van der Waals surface area contributed by atoms with Gasteiger partial charge in [-0.25, -0.2) is 4.98 Å². The lowest BCUT2D eigenvalue weighted by Gasteiger charge is -2.23. The highest BCUT2D eigenvalue weighted by Crippen LogP contribution is 2.22. The van der Waals surface area contributed by atoms with Gasteiger partial charge in [0, 0.05) is 22.2 Å². The van der Waals surface area contributed by atoms with Crippen molar-refractivity contribution in [1.29, 1.82) is 0 Å². The summed E-state index contributed by atoms with van der Waals surface area (Å²) in [7, 11) is 0. The number of nitrogens with one attached hydrogen (secondary N) is 1. The van der Waals surface area contributed by atoms with Gasteiger partial charge in [0.15, 0.2) is 0 Å². The molecule has 1 aromatic heterocycles. The molecule has 18 heavy (non-hydrogen) atoms. The Labute approximate surface area is 115 Å². The van der Waals surface area contributed by atoms with Gasteiger partial charge in [-0.1, -0.05) is 17.7 Å². The van der Waals surface area contributed by atoms with Gasteiger partial charge in [-0.2, -0.15) is 0 Å². The molecule has 2 aromatic rings. The van der Waals surface area contributed by atoms with Gasteiger partial charge >= 0.3 is 0 Å². The molecule has 1 heterocycles. The molecule has 0 unspecified atom stereocenters. The van der Waals surface area contributed by atoms with Crippen molar-refractivity contribution in [3.05, 3.63) is 51.4 Å². The first kappa shape index (κ1) is 13.1. The number of carbonyl (C=O) groups is 1. The van der Waals surface area contributed by atoms with E-state index in [2.05, 4.69) is 10.3 Å². The van der Waals surface area contributed by atoms with Crippen LogP contribution in [0.25, 0.3) is 0 Å². The molecular weight excluding hydrogens is 268 g/mol. The zero-order chi connectivity index (χ0) is 13.2. The molecule has 3 nitrogen and oxygen atoms in total. The summed E-state index contributed by atoms with van der Waals surface area (Å²) in [5.41, 5.74) is 0.0558. The number of nitrogens with zero attached hydrogens (tertiary/aromatic N) is 1. The van der Waals surface area contributed by atoms with Crippen LogP contribution in [0.4, 0.5) is 0 Å². The lowest BCUT2D eigenvalue weighted by atomic mass is 10.1. The second kappa shape index (κ2) is 5.08. The number of carbonyl (C=O) groups excluding carboxylic acids is 1. The average Bonchev–Trinajstić information content (AvgIpc) is 2.82. The first-order valence-electron chi connectivity index (χ1n) is 5.47. The minimum Gasteiger partial charge on any atom is -0.341 e. The Morgan fingerprint density at radius 3 is 2.83 bits per heavy atom.